The van der Waals surface area contributed by atoms with E-state index in [1.165, 1.54) is 17.7 Å². The Morgan fingerprint density at radius 1 is 1.12 bits per heavy atom. The largest absolute Gasteiger partial charge is 0.573 e. The highest BCUT2D eigenvalue weighted by atomic mass is 19.4. The van der Waals surface area contributed by atoms with Crippen molar-refractivity contribution in [3.63, 3.8) is 0 Å². The molecule has 1 aliphatic rings. The van der Waals surface area contributed by atoms with Crippen LogP contribution in [0.2, 0.25) is 0 Å². The van der Waals surface area contributed by atoms with Crippen LogP contribution in [0, 0.1) is 0 Å². The molecule has 1 aliphatic heterocycles. The molecule has 7 heteroatoms. The predicted molar refractivity (Wildman–Crippen MR) is 85.0 cm³/mol. The molecular formula is C17H20F3N3O. The number of ether oxygens (including phenoxy) is 1. The van der Waals surface area contributed by atoms with E-state index in [1.54, 1.807) is 12.1 Å². The van der Waals surface area contributed by atoms with Crippen molar-refractivity contribution >= 4 is 0 Å². The van der Waals surface area contributed by atoms with Crippen LogP contribution in [0.4, 0.5) is 13.2 Å². The average molecular weight is 339 g/mol. The molecule has 3 rings (SSSR count). The lowest BCUT2D eigenvalue weighted by molar-refractivity contribution is -0.274. The number of halogens is 3. The fourth-order valence-electron chi connectivity index (χ4n) is 3.02. The standard InChI is InChI=1S/C17H20F3N3O/c1-11(2)23-16(14-7-9-21-10-8-15(14)22-23)12-3-5-13(6-4-12)24-17(18,19)20/h3-6,11,21H,7-10H2,1-2H3. The predicted octanol–water partition coefficient (Wildman–Crippen LogP) is 3.72. The van der Waals surface area contributed by atoms with Crippen LogP contribution in [0.3, 0.4) is 0 Å². The molecule has 4 nitrogen and oxygen atoms in total. The number of aromatic nitrogens is 2. The maximum Gasteiger partial charge on any atom is 0.573 e. The molecular weight excluding hydrogens is 319 g/mol. The summed E-state index contributed by atoms with van der Waals surface area (Å²) in [5, 5.41) is 8.08. The smallest absolute Gasteiger partial charge is 0.406 e. The van der Waals surface area contributed by atoms with Crippen LogP contribution < -0.4 is 10.1 Å². The average Bonchev–Trinajstić information content (AvgIpc) is 2.70. The van der Waals surface area contributed by atoms with Gasteiger partial charge in [-0.05, 0) is 51.1 Å². The van der Waals surface area contributed by atoms with Crippen molar-refractivity contribution in [3.05, 3.63) is 35.5 Å². The summed E-state index contributed by atoms with van der Waals surface area (Å²) in [6.45, 7) is 5.86. The van der Waals surface area contributed by atoms with E-state index < -0.39 is 6.36 Å². The minimum atomic E-state index is -4.68. The molecule has 0 amide bonds. The molecule has 130 valence electrons. The molecule has 0 radical (unpaired) electrons. The number of rotatable bonds is 3. The van der Waals surface area contributed by atoms with Crippen molar-refractivity contribution in [1.82, 2.24) is 15.1 Å². The number of nitrogens with zero attached hydrogens (tertiary/aromatic N) is 2. The van der Waals surface area contributed by atoms with Crippen LogP contribution in [0.15, 0.2) is 24.3 Å². The molecule has 0 spiro atoms. The van der Waals surface area contributed by atoms with Crippen molar-refractivity contribution in [2.75, 3.05) is 13.1 Å². The monoisotopic (exact) mass is 339 g/mol. The highest BCUT2D eigenvalue weighted by Gasteiger charge is 2.31. The van der Waals surface area contributed by atoms with E-state index in [1.807, 2.05) is 4.68 Å². The van der Waals surface area contributed by atoms with Gasteiger partial charge in [-0.25, -0.2) is 0 Å². The summed E-state index contributed by atoms with van der Waals surface area (Å²) in [6, 6.07) is 6.19. The zero-order valence-corrected chi connectivity index (χ0v) is 13.7. The minimum Gasteiger partial charge on any atom is -0.406 e. The number of alkyl halides is 3. The summed E-state index contributed by atoms with van der Waals surface area (Å²) in [7, 11) is 0. The number of hydrogen-bond acceptors (Lipinski definition) is 3. The van der Waals surface area contributed by atoms with E-state index in [4.69, 9.17) is 5.10 Å². The maximum atomic E-state index is 12.3. The maximum absolute atomic E-state index is 12.3. The molecule has 2 aromatic rings. The van der Waals surface area contributed by atoms with E-state index in [0.717, 1.165) is 42.9 Å². The van der Waals surface area contributed by atoms with E-state index in [0.29, 0.717) is 0 Å². The molecule has 0 fully saturated rings. The number of nitrogens with one attached hydrogen (secondary N) is 1. The molecule has 0 saturated carbocycles. The SMILES string of the molecule is CC(C)n1nc2c(c1-c1ccc(OC(F)(F)F)cc1)CCNCC2. The van der Waals surface area contributed by atoms with Crippen molar-refractivity contribution in [1.29, 1.82) is 0 Å². The molecule has 0 aliphatic carbocycles. The van der Waals surface area contributed by atoms with Crippen LogP contribution in [0.25, 0.3) is 11.3 Å². The van der Waals surface area contributed by atoms with Gasteiger partial charge in [0, 0.05) is 30.1 Å². The number of benzene rings is 1. The van der Waals surface area contributed by atoms with Gasteiger partial charge in [0.2, 0.25) is 0 Å². The van der Waals surface area contributed by atoms with Crippen molar-refractivity contribution in [2.24, 2.45) is 0 Å². The van der Waals surface area contributed by atoms with Crippen LogP contribution in [-0.4, -0.2) is 29.2 Å². The molecule has 24 heavy (non-hydrogen) atoms. The highest BCUT2D eigenvalue weighted by molar-refractivity contribution is 5.66. The van der Waals surface area contributed by atoms with Crippen LogP contribution in [-0.2, 0) is 12.8 Å². The lowest BCUT2D eigenvalue weighted by Crippen LogP contribution is -2.17. The van der Waals surface area contributed by atoms with Gasteiger partial charge in [-0.2, -0.15) is 5.10 Å². The molecule has 1 aromatic heterocycles. The summed E-state index contributed by atoms with van der Waals surface area (Å²) >= 11 is 0. The molecule has 0 bridgehead atoms. The van der Waals surface area contributed by atoms with E-state index in [-0.39, 0.29) is 11.8 Å². The summed E-state index contributed by atoms with van der Waals surface area (Å²) in [6.07, 6.45) is -2.96. The molecule has 0 saturated heterocycles. The van der Waals surface area contributed by atoms with Crippen molar-refractivity contribution < 1.29 is 17.9 Å². The van der Waals surface area contributed by atoms with Gasteiger partial charge >= 0.3 is 6.36 Å². The zero-order valence-electron chi connectivity index (χ0n) is 13.7. The topological polar surface area (TPSA) is 39.1 Å². The van der Waals surface area contributed by atoms with Gasteiger partial charge in [-0.15, -0.1) is 13.2 Å². The van der Waals surface area contributed by atoms with Crippen molar-refractivity contribution in [2.45, 2.75) is 39.1 Å². The fourth-order valence-corrected chi connectivity index (χ4v) is 3.02. The Morgan fingerprint density at radius 2 is 1.79 bits per heavy atom. The normalized spacial score (nSPS) is 15.2. The van der Waals surface area contributed by atoms with Crippen LogP contribution >= 0.6 is 0 Å². The lowest BCUT2D eigenvalue weighted by atomic mass is 10.0. The van der Waals surface area contributed by atoms with Gasteiger partial charge in [-0.3, -0.25) is 4.68 Å². The van der Waals surface area contributed by atoms with E-state index in [9.17, 15) is 13.2 Å². The van der Waals surface area contributed by atoms with Crippen LogP contribution in [0.1, 0.15) is 31.1 Å². The first-order valence-corrected chi connectivity index (χ1v) is 8.02. The highest BCUT2D eigenvalue weighted by Crippen LogP contribution is 2.32. The lowest BCUT2D eigenvalue weighted by Gasteiger charge is -2.14. The fraction of sp³-hybridized carbons (Fsp3) is 0.471. The summed E-state index contributed by atoms with van der Waals surface area (Å²) in [5.41, 5.74) is 4.09. The minimum absolute atomic E-state index is 0.172. The molecule has 0 atom stereocenters. The summed E-state index contributed by atoms with van der Waals surface area (Å²) < 4.78 is 42.9. The Kier molecular flexibility index (Phi) is 4.54. The van der Waals surface area contributed by atoms with Crippen LogP contribution in [0.5, 0.6) is 5.75 Å². The van der Waals surface area contributed by atoms with Gasteiger partial charge in [0.1, 0.15) is 5.75 Å². The number of hydrogen-bond donors (Lipinski definition) is 1. The quantitative estimate of drug-likeness (QED) is 0.926. The van der Waals surface area contributed by atoms with Gasteiger partial charge in [-0.1, -0.05) is 0 Å². The third-order valence-corrected chi connectivity index (χ3v) is 4.03. The Bertz CT molecular complexity index is 705. The third-order valence-electron chi connectivity index (χ3n) is 4.03. The van der Waals surface area contributed by atoms with Gasteiger partial charge < -0.3 is 10.1 Å². The molecule has 1 aromatic carbocycles. The Hall–Kier alpha value is -2.02. The Labute approximate surface area is 138 Å². The first kappa shape index (κ1) is 16.8. The third kappa shape index (κ3) is 3.56. The summed E-state index contributed by atoms with van der Waals surface area (Å²) in [5.74, 6) is -0.213. The second-order valence-electron chi connectivity index (χ2n) is 6.13. The van der Waals surface area contributed by atoms with Crippen molar-refractivity contribution in [3.8, 4) is 17.0 Å². The number of fused-ring (bicyclic) bond motifs is 1. The molecule has 2 heterocycles. The van der Waals surface area contributed by atoms with Gasteiger partial charge in [0.15, 0.2) is 0 Å². The first-order valence-electron chi connectivity index (χ1n) is 8.02. The molecule has 0 unspecified atom stereocenters. The van der Waals surface area contributed by atoms with E-state index >= 15 is 0 Å². The Morgan fingerprint density at radius 3 is 2.42 bits per heavy atom. The van der Waals surface area contributed by atoms with Gasteiger partial charge in [0.05, 0.1) is 11.4 Å². The second kappa shape index (κ2) is 6.47. The Balaban J connectivity index is 2.00. The van der Waals surface area contributed by atoms with E-state index in [2.05, 4.69) is 23.9 Å². The second-order valence-corrected chi connectivity index (χ2v) is 6.13. The molecule has 1 N–H and O–H groups in total. The summed E-state index contributed by atoms with van der Waals surface area (Å²) in [4.78, 5) is 0. The first-order chi connectivity index (χ1) is 11.3. The van der Waals surface area contributed by atoms with Gasteiger partial charge in [0.25, 0.3) is 0 Å². The zero-order chi connectivity index (χ0) is 17.3.